The SMILES string of the molecule is O=C(CCc1ccc(CCN2CCCC2)cc1)Nc1ccc(Cl)cc1. The molecule has 0 aromatic heterocycles. The van der Waals surface area contributed by atoms with E-state index in [1.165, 1.54) is 37.1 Å². The molecule has 1 aliphatic rings. The van der Waals surface area contributed by atoms with Crippen LogP contribution in [0.25, 0.3) is 0 Å². The number of halogens is 1. The summed E-state index contributed by atoms with van der Waals surface area (Å²) in [4.78, 5) is 14.6. The Labute approximate surface area is 155 Å². The maximum atomic E-state index is 12.0. The zero-order valence-electron chi connectivity index (χ0n) is 14.5. The molecule has 0 radical (unpaired) electrons. The standard InChI is InChI=1S/C21H25ClN2O/c22-19-8-10-20(11-9-19)23-21(25)12-7-17-3-5-18(6-4-17)13-16-24-14-1-2-15-24/h3-6,8-11H,1-2,7,12-16H2,(H,23,25). The number of carbonyl (C=O) groups excluding carboxylic acids is 1. The minimum Gasteiger partial charge on any atom is -0.326 e. The van der Waals surface area contributed by atoms with Gasteiger partial charge in [-0.3, -0.25) is 4.79 Å². The van der Waals surface area contributed by atoms with Crippen LogP contribution in [0.1, 0.15) is 30.4 Å². The lowest BCUT2D eigenvalue weighted by molar-refractivity contribution is -0.116. The summed E-state index contributed by atoms with van der Waals surface area (Å²) in [6.07, 6.45) is 5.03. The molecule has 25 heavy (non-hydrogen) atoms. The van der Waals surface area contributed by atoms with E-state index in [9.17, 15) is 4.79 Å². The summed E-state index contributed by atoms with van der Waals surface area (Å²) in [5.41, 5.74) is 3.36. The van der Waals surface area contributed by atoms with Crippen molar-refractivity contribution in [2.45, 2.75) is 32.1 Å². The van der Waals surface area contributed by atoms with Crippen LogP contribution < -0.4 is 5.32 Å². The van der Waals surface area contributed by atoms with E-state index >= 15 is 0 Å². The Kier molecular flexibility index (Phi) is 6.48. The zero-order chi connectivity index (χ0) is 17.5. The largest absolute Gasteiger partial charge is 0.326 e. The minimum absolute atomic E-state index is 0.0282. The van der Waals surface area contributed by atoms with E-state index in [0.29, 0.717) is 11.4 Å². The third-order valence-electron chi connectivity index (χ3n) is 4.71. The fraction of sp³-hybridized carbons (Fsp3) is 0.381. The number of aryl methyl sites for hydroxylation is 1. The number of likely N-dealkylation sites (tertiary alicyclic amines) is 1. The van der Waals surface area contributed by atoms with Gasteiger partial charge in [0.1, 0.15) is 0 Å². The fourth-order valence-corrected chi connectivity index (χ4v) is 3.31. The molecule has 2 aromatic carbocycles. The Morgan fingerprint density at radius 3 is 2.16 bits per heavy atom. The smallest absolute Gasteiger partial charge is 0.224 e. The molecule has 3 rings (SSSR count). The predicted octanol–water partition coefficient (Wildman–Crippen LogP) is 4.55. The van der Waals surface area contributed by atoms with Crippen LogP contribution in [0, 0.1) is 0 Å². The van der Waals surface area contributed by atoms with Crippen LogP contribution >= 0.6 is 11.6 Å². The first-order valence-electron chi connectivity index (χ1n) is 9.05. The van der Waals surface area contributed by atoms with Crippen LogP contribution in [0.15, 0.2) is 48.5 Å². The van der Waals surface area contributed by atoms with E-state index < -0.39 is 0 Å². The monoisotopic (exact) mass is 356 g/mol. The molecule has 3 nitrogen and oxygen atoms in total. The predicted molar refractivity (Wildman–Crippen MR) is 104 cm³/mol. The number of rotatable bonds is 7. The van der Waals surface area contributed by atoms with E-state index in [-0.39, 0.29) is 5.91 Å². The first-order chi connectivity index (χ1) is 12.2. The van der Waals surface area contributed by atoms with Gasteiger partial charge < -0.3 is 10.2 Å². The number of carbonyl (C=O) groups is 1. The molecule has 0 atom stereocenters. The van der Waals surface area contributed by atoms with Crippen LogP contribution in [0.5, 0.6) is 0 Å². The van der Waals surface area contributed by atoms with E-state index in [1.807, 2.05) is 12.1 Å². The molecular weight excluding hydrogens is 332 g/mol. The van der Waals surface area contributed by atoms with Crippen molar-refractivity contribution in [1.29, 1.82) is 0 Å². The topological polar surface area (TPSA) is 32.3 Å². The Bertz CT molecular complexity index is 676. The van der Waals surface area contributed by atoms with Crippen molar-refractivity contribution < 1.29 is 4.79 Å². The van der Waals surface area contributed by atoms with Gasteiger partial charge in [-0.2, -0.15) is 0 Å². The third-order valence-corrected chi connectivity index (χ3v) is 4.96. The molecule has 0 bridgehead atoms. The molecule has 0 unspecified atom stereocenters. The molecule has 0 spiro atoms. The van der Waals surface area contributed by atoms with Gasteiger partial charge in [0, 0.05) is 23.7 Å². The summed E-state index contributed by atoms with van der Waals surface area (Å²) >= 11 is 5.85. The Balaban J connectivity index is 1.41. The van der Waals surface area contributed by atoms with Crippen molar-refractivity contribution in [3.63, 3.8) is 0 Å². The summed E-state index contributed by atoms with van der Waals surface area (Å²) in [5, 5.41) is 3.57. The second-order valence-corrected chi connectivity index (χ2v) is 7.11. The van der Waals surface area contributed by atoms with Gasteiger partial charge in [-0.05, 0) is 74.2 Å². The molecule has 4 heteroatoms. The van der Waals surface area contributed by atoms with Gasteiger partial charge in [0.15, 0.2) is 0 Å². The molecular formula is C21H25ClN2O. The van der Waals surface area contributed by atoms with E-state index in [2.05, 4.69) is 34.5 Å². The van der Waals surface area contributed by atoms with Crippen LogP contribution in [-0.2, 0) is 17.6 Å². The molecule has 1 heterocycles. The quantitative estimate of drug-likeness (QED) is 0.789. The molecule has 0 aliphatic carbocycles. The maximum Gasteiger partial charge on any atom is 0.224 e. The average Bonchev–Trinajstić information content (AvgIpc) is 3.15. The molecule has 2 aromatic rings. The first kappa shape index (κ1) is 18.0. The third kappa shape index (κ3) is 5.87. The number of nitrogens with zero attached hydrogens (tertiary/aromatic N) is 1. The lowest BCUT2D eigenvalue weighted by Gasteiger charge is -2.14. The highest BCUT2D eigenvalue weighted by molar-refractivity contribution is 6.30. The highest BCUT2D eigenvalue weighted by Crippen LogP contribution is 2.15. The van der Waals surface area contributed by atoms with Crippen molar-refractivity contribution in [2.24, 2.45) is 0 Å². The van der Waals surface area contributed by atoms with Crippen molar-refractivity contribution in [3.05, 3.63) is 64.7 Å². The van der Waals surface area contributed by atoms with E-state index in [1.54, 1.807) is 12.1 Å². The summed E-state index contributed by atoms with van der Waals surface area (Å²) in [5.74, 6) is 0.0282. The number of benzene rings is 2. The number of amides is 1. The Morgan fingerprint density at radius 1 is 0.920 bits per heavy atom. The van der Waals surface area contributed by atoms with Gasteiger partial charge in [0.2, 0.25) is 5.91 Å². The van der Waals surface area contributed by atoms with Gasteiger partial charge in [-0.15, -0.1) is 0 Å². The zero-order valence-corrected chi connectivity index (χ0v) is 15.3. The number of hydrogen-bond acceptors (Lipinski definition) is 2. The van der Waals surface area contributed by atoms with Crippen molar-refractivity contribution >= 4 is 23.2 Å². The van der Waals surface area contributed by atoms with E-state index in [4.69, 9.17) is 11.6 Å². The van der Waals surface area contributed by atoms with Gasteiger partial charge >= 0.3 is 0 Å². The van der Waals surface area contributed by atoms with Gasteiger partial charge in [-0.1, -0.05) is 35.9 Å². The highest BCUT2D eigenvalue weighted by Gasteiger charge is 2.10. The van der Waals surface area contributed by atoms with E-state index in [0.717, 1.165) is 25.1 Å². The maximum absolute atomic E-state index is 12.0. The van der Waals surface area contributed by atoms with Crippen molar-refractivity contribution in [1.82, 2.24) is 4.90 Å². The summed E-state index contributed by atoms with van der Waals surface area (Å²) in [7, 11) is 0. The molecule has 1 aliphatic heterocycles. The van der Waals surface area contributed by atoms with Crippen LogP contribution in [-0.4, -0.2) is 30.4 Å². The highest BCUT2D eigenvalue weighted by atomic mass is 35.5. The number of hydrogen-bond donors (Lipinski definition) is 1. The molecule has 0 saturated carbocycles. The first-order valence-corrected chi connectivity index (χ1v) is 9.42. The normalized spacial score (nSPS) is 14.6. The molecule has 132 valence electrons. The van der Waals surface area contributed by atoms with Crippen molar-refractivity contribution in [3.8, 4) is 0 Å². The number of nitrogens with one attached hydrogen (secondary N) is 1. The summed E-state index contributed by atoms with van der Waals surface area (Å²) in [6.45, 7) is 3.66. The van der Waals surface area contributed by atoms with Crippen molar-refractivity contribution in [2.75, 3.05) is 25.0 Å². The minimum atomic E-state index is 0.0282. The summed E-state index contributed by atoms with van der Waals surface area (Å²) in [6, 6.07) is 15.9. The molecule has 1 N–H and O–H groups in total. The summed E-state index contributed by atoms with van der Waals surface area (Å²) < 4.78 is 0. The van der Waals surface area contributed by atoms with Gasteiger partial charge in [0.25, 0.3) is 0 Å². The molecule has 1 saturated heterocycles. The van der Waals surface area contributed by atoms with Crippen LogP contribution in [0.3, 0.4) is 0 Å². The lowest BCUT2D eigenvalue weighted by Crippen LogP contribution is -2.21. The molecule has 1 amide bonds. The van der Waals surface area contributed by atoms with Crippen LogP contribution in [0.4, 0.5) is 5.69 Å². The Hall–Kier alpha value is -1.84. The average molecular weight is 357 g/mol. The second kappa shape index (κ2) is 9.02. The van der Waals surface area contributed by atoms with Gasteiger partial charge in [0.05, 0.1) is 0 Å². The molecule has 1 fully saturated rings. The fourth-order valence-electron chi connectivity index (χ4n) is 3.18. The lowest BCUT2D eigenvalue weighted by atomic mass is 10.1. The number of anilines is 1. The van der Waals surface area contributed by atoms with Crippen LogP contribution in [0.2, 0.25) is 5.02 Å². The van der Waals surface area contributed by atoms with Gasteiger partial charge in [-0.25, -0.2) is 0 Å². The Morgan fingerprint density at radius 2 is 1.52 bits per heavy atom. The second-order valence-electron chi connectivity index (χ2n) is 6.67.